The minimum atomic E-state index is -0.135. The number of hydrogen-bond acceptors (Lipinski definition) is 2. The monoisotopic (exact) mass is 157 g/mol. The summed E-state index contributed by atoms with van der Waals surface area (Å²) >= 11 is 0. The van der Waals surface area contributed by atoms with Gasteiger partial charge in [-0.2, -0.15) is 0 Å². The Labute approximate surface area is 67.3 Å². The normalized spacial score (nSPS) is 17.0. The van der Waals surface area contributed by atoms with Crippen molar-refractivity contribution in [3.05, 3.63) is 0 Å². The molecule has 0 bridgehead atoms. The van der Waals surface area contributed by atoms with Crippen molar-refractivity contribution in [2.75, 3.05) is 19.7 Å². The van der Waals surface area contributed by atoms with E-state index in [1.54, 1.807) is 4.90 Å². The molecule has 1 fully saturated rings. The Morgan fingerprint density at radius 1 is 1.45 bits per heavy atom. The number of carbonyl (C=O) groups is 1. The second kappa shape index (κ2) is 4.21. The van der Waals surface area contributed by atoms with Crippen LogP contribution in [0.2, 0.25) is 0 Å². The fraction of sp³-hybridized carbons (Fsp3) is 0.875. The lowest BCUT2D eigenvalue weighted by Gasteiger charge is -2.14. The van der Waals surface area contributed by atoms with Crippen LogP contribution in [0.1, 0.15) is 26.2 Å². The first-order chi connectivity index (χ1) is 5.34. The first-order valence-electron chi connectivity index (χ1n) is 4.26. The Hall–Kier alpha value is -0.730. The van der Waals surface area contributed by atoms with Gasteiger partial charge in [0.2, 0.25) is 0 Å². The molecule has 0 unspecified atom stereocenters. The summed E-state index contributed by atoms with van der Waals surface area (Å²) in [5.74, 6) is 0. The highest BCUT2D eigenvalue weighted by Gasteiger charge is 2.18. The van der Waals surface area contributed by atoms with Gasteiger partial charge in [-0.25, -0.2) is 4.79 Å². The Balaban J connectivity index is 2.17. The molecule has 0 atom stereocenters. The van der Waals surface area contributed by atoms with Crippen LogP contribution in [0.15, 0.2) is 0 Å². The van der Waals surface area contributed by atoms with E-state index in [1.165, 1.54) is 0 Å². The standard InChI is InChI=1S/C8H15NO2/c1-2-7-11-8(10)9-5-3-4-6-9/h2-7H2,1H3. The van der Waals surface area contributed by atoms with Gasteiger partial charge in [0.05, 0.1) is 6.61 Å². The van der Waals surface area contributed by atoms with Crippen molar-refractivity contribution >= 4 is 6.09 Å². The van der Waals surface area contributed by atoms with Crippen LogP contribution in [0.25, 0.3) is 0 Å². The van der Waals surface area contributed by atoms with Crippen molar-refractivity contribution in [2.45, 2.75) is 26.2 Å². The Kier molecular flexibility index (Phi) is 3.20. The molecule has 0 aromatic heterocycles. The highest BCUT2D eigenvalue weighted by molar-refractivity contribution is 5.67. The van der Waals surface area contributed by atoms with Crippen molar-refractivity contribution < 1.29 is 9.53 Å². The van der Waals surface area contributed by atoms with Gasteiger partial charge in [-0.15, -0.1) is 0 Å². The summed E-state index contributed by atoms with van der Waals surface area (Å²) in [4.78, 5) is 12.9. The number of nitrogens with zero attached hydrogens (tertiary/aromatic N) is 1. The zero-order valence-corrected chi connectivity index (χ0v) is 7.01. The van der Waals surface area contributed by atoms with Crippen LogP contribution in [0.3, 0.4) is 0 Å². The predicted molar refractivity (Wildman–Crippen MR) is 42.4 cm³/mol. The first kappa shape index (κ1) is 8.37. The minimum Gasteiger partial charge on any atom is -0.449 e. The van der Waals surface area contributed by atoms with E-state index in [9.17, 15) is 4.79 Å². The average molecular weight is 157 g/mol. The second-order valence-electron chi connectivity index (χ2n) is 2.81. The van der Waals surface area contributed by atoms with Gasteiger partial charge in [-0.3, -0.25) is 0 Å². The molecule has 1 aliphatic rings. The maximum absolute atomic E-state index is 11.1. The Bertz CT molecular complexity index is 130. The molecule has 1 rings (SSSR count). The fourth-order valence-corrected chi connectivity index (χ4v) is 1.18. The summed E-state index contributed by atoms with van der Waals surface area (Å²) in [6, 6.07) is 0. The lowest BCUT2D eigenvalue weighted by Crippen LogP contribution is -2.28. The van der Waals surface area contributed by atoms with Crippen LogP contribution >= 0.6 is 0 Å². The lowest BCUT2D eigenvalue weighted by atomic mass is 10.4. The summed E-state index contributed by atoms with van der Waals surface area (Å²) in [5.41, 5.74) is 0. The third kappa shape index (κ3) is 2.41. The summed E-state index contributed by atoms with van der Waals surface area (Å²) in [5, 5.41) is 0. The molecule has 0 spiro atoms. The lowest BCUT2D eigenvalue weighted by molar-refractivity contribution is 0.111. The molecule has 64 valence electrons. The van der Waals surface area contributed by atoms with Gasteiger partial charge in [0.25, 0.3) is 0 Å². The number of likely N-dealkylation sites (tertiary alicyclic amines) is 1. The van der Waals surface area contributed by atoms with Crippen LogP contribution < -0.4 is 0 Å². The highest BCUT2D eigenvalue weighted by Crippen LogP contribution is 2.08. The number of rotatable bonds is 2. The summed E-state index contributed by atoms with van der Waals surface area (Å²) in [7, 11) is 0. The van der Waals surface area contributed by atoms with Gasteiger partial charge >= 0.3 is 6.09 Å². The SMILES string of the molecule is CCCOC(=O)N1CCCC1. The quantitative estimate of drug-likeness (QED) is 0.609. The van der Waals surface area contributed by atoms with Crippen LogP contribution in [-0.2, 0) is 4.74 Å². The minimum absolute atomic E-state index is 0.135. The predicted octanol–water partition coefficient (Wildman–Crippen LogP) is 1.63. The molecule has 0 radical (unpaired) electrons. The third-order valence-corrected chi connectivity index (χ3v) is 1.79. The van der Waals surface area contributed by atoms with Gasteiger partial charge in [-0.05, 0) is 19.3 Å². The van der Waals surface area contributed by atoms with Gasteiger partial charge in [0.1, 0.15) is 0 Å². The summed E-state index contributed by atoms with van der Waals surface area (Å²) in [6.45, 7) is 4.30. The van der Waals surface area contributed by atoms with E-state index in [0.29, 0.717) is 6.61 Å². The molecule has 1 amide bonds. The van der Waals surface area contributed by atoms with Gasteiger partial charge in [0.15, 0.2) is 0 Å². The maximum atomic E-state index is 11.1. The molecule has 0 aliphatic carbocycles. The third-order valence-electron chi connectivity index (χ3n) is 1.79. The number of ether oxygens (including phenoxy) is 1. The zero-order chi connectivity index (χ0) is 8.10. The van der Waals surface area contributed by atoms with E-state index in [1.807, 2.05) is 6.92 Å². The zero-order valence-electron chi connectivity index (χ0n) is 7.01. The van der Waals surface area contributed by atoms with E-state index in [2.05, 4.69) is 0 Å². The maximum Gasteiger partial charge on any atom is 0.409 e. The van der Waals surface area contributed by atoms with Crippen molar-refractivity contribution in [2.24, 2.45) is 0 Å². The molecule has 1 heterocycles. The average Bonchev–Trinajstić information content (AvgIpc) is 2.52. The van der Waals surface area contributed by atoms with Crippen molar-refractivity contribution in [1.82, 2.24) is 4.90 Å². The summed E-state index contributed by atoms with van der Waals surface area (Å²) < 4.78 is 4.96. The smallest absolute Gasteiger partial charge is 0.409 e. The molecule has 0 aromatic rings. The van der Waals surface area contributed by atoms with E-state index < -0.39 is 0 Å². The van der Waals surface area contributed by atoms with E-state index in [4.69, 9.17) is 4.74 Å². The van der Waals surface area contributed by atoms with Crippen molar-refractivity contribution in [3.8, 4) is 0 Å². The molecule has 0 aromatic carbocycles. The number of carbonyl (C=O) groups excluding carboxylic acids is 1. The van der Waals surface area contributed by atoms with Crippen molar-refractivity contribution in [1.29, 1.82) is 0 Å². The topological polar surface area (TPSA) is 29.5 Å². The number of hydrogen-bond donors (Lipinski definition) is 0. The van der Waals surface area contributed by atoms with Crippen LogP contribution in [0, 0.1) is 0 Å². The Morgan fingerprint density at radius 3 is 2.64 bits per heavy atom. The van der Waals surface area contributed by atoms with Crippen LogP contribution in [-0.4, -0.2) is 30.7 Å². The molecule has 0 N–H and O–H groups in total. The van der Waals surface area contributed by atoms with E-state index in [-0.39, 0.29) is 6.09 Å². The molecule has 1 aliphatic heterocycles. The second-order valence-corrected chi connectivity index (χ2v) is 2.81. The van der Waals surface area contributed by atoms with Gasteiger partial charge in [-0.1, -0.05) is 6.92 Å². The largest absolute Gasteiger partial charge is 0.449 e. The Morgan fingerprint density at radius 2 is 2.09 bits per heavy atom. The molecule has 3 heteroatoms. The fourth-order valence-electron chi connectivity index (χ4n) is 1.18. The first-order valence-corrected chi connectivity index (χ1v) is 4.26. The highest BCUT2D eigenvalue weighted by atomic mass is 16.6. The number of amides is 1. The molecule has 11 heavy (non-hydrogen) atoms. The van der Waals surface area contributed by atoms with Gasteiger partial charge < -0.3 is 9.64 Å². The molecule has 1 saturated heterocycles. The van der Waals surface area contributed by atoms with Gasteiger partial charge in [0, 0.05) is 13.1 Å². The molecular formula is C8H15NO2. The van der Waals surface area contributed by atoms with Crippen molar-refractivity contribution in [3.63, 3.8) is 0 Å². The van der Waals surface area contributed by atoms with E-state index in [0.717, 1.165) is 32.4 Å². The summed E-state index contributed by atoms with van der Waals surface area (Å²) in [6.07, 6.45) is 3.02. The van der Waals surface area contributed by atoms with Crippen LogP contribution in [0.5, 0.6) is 0 Å². The van der Waals surface area contributed by atoms with Crippen LogP contribution in [0.4, 0.5) is 4.79 Å². The molecule has 0 saturated carbocycles. The van der Waals surface area contributed by atoms with E-state index >= 15 is 0 Å². The molecule has 3 nitrogen and oxygen atoms in total. The molecular weight excluding hydrogens is 142 g/mol.